The van der Waals surface area contributed by atoms with Crippen LogP contribution < -0.4 is 11.1 Å². The summed E-state index contributed by atoms with van der Waals surface area (Å²) < 4.78 is 0.629. The van der Waals surface area contributed by atoms with Gasteiger partial charge in [-0.25, -0.2) is 0 Å². The Balaban J connectivity index is 2.24. The van der Waals surface area contributed by atoms with E-state index in [0.717, 1.165) is 0 Å². The fourth-order valence-electron chi connectivity index (χ4n) is 1.36. The third kappa shape index (κ3) is 2.80. The fourth-order valence-corrected chi connectivity index (χ4v) is 1.90. The quantitative estimate of drug-likeness (QED) is 0.889. The molecule has 1 heterocycles. The number of nitrogen functional groups attached to an aromatic ring is 1. The number of amides is 1. The molecule has 3 N–H and O–H groups in total. The minimum Gasteiger partial charge on any atom is -0.399 e. The van der Waals surface area contributed by atoms with Crippen molar-refractivity contribution in [1.29, 1.82) is 0 Å². The van der Waals surface area contributed by atoms with Gasteiger partial charge < -0.3 is 11.1 Å². The van der Waals surface area contributed by atoms with Crippen molar-refractivity contribution in [2.45, 2.75) is 0 Å². The summed E-state index contributed by atoms with van der Waals surface area (Å²) in [6, 6.07) is 8.33. The van der Waals surface area contributed by atoms with Gasteiger partial charge in [0, 0.05) is 11.9 Å². The first-order chi connectivity index (χ1) is 8.58. The zero-order valence-corrected chi connectivity index (χ0v) is 11.5. The van der Waals surface area contributed by atoms with E-state index in [1.807, 2.05) is 0 Å². The number of nitrogens with one attached hydrogen (secondary N) is 1. The van der Waals surface area contributed by atoms with Crippen LogP contribution in [0.4, 0.5) is 11.4 Å². The molecule has 0 radical (unpaired) electrons. The molecule has 1 aromatic heterocycles. The summed E-state index contributed by atoms with van der Waals surface area (Å²) in [5.41, 5.74) is 6.91. The molecule has 2 rings (SSSR count). The molecule has 0 atom stereocenters. The minimum absolute atomic E-state index is 0.252. The van der Waals surface area contributed by atoms with Gasteiger partial charge in [0.15, 0.2) is 0 Å². The summed E-state index contributed by atoms with van der Waals surface area (Å²) in [4.78, 5) is 15.9. The normalized spacial score (nSPS) is 10.1. The number of rotatable bonds is 2. The second-order valence-electron chi connectivity index (χ2n) is 3.53. The van der Waals surface area contributed by atoms with Crippen molar-refractivity contribution >= 4 is 44.8 Å². The molecule has 0 saturated carbocycles. The first-order valence-corrected chi connectivity index (χ1v) is 6.22. The predicted octanol–water partition coefficient (Wildman–Crippen LogP) is 3.33. The zero-order valence-electron chi connectivity index (χ0n) is 9.15. The van der Waals surface area contributed by atoms with Crippen LogP contribution in [0, 0.1) is 0 Å². The van der Waals surface area contributed by atoms with E-state index in [-0.39, 0.29) is 11.6 Å². The van der Waals surface area contributed by atoms with Gasteiger partial charge >= 0.3 is 0 Å². The molecule has 92 valence electrons. The maximum atomic E-state index is 11.9. The minimum atomic E-state index is -0.342. The molecule has 4 nitrogen and oxygen atoms in total. The highest BCUT2D eigenvalue weighted by Gasteiger charge is 2.11. The molecule has 1 aromatic carbocycles. The van der Waals surface area contributed by atoms with Crippen molar-refractivity contribution in [3.8, 4) is 0 Å². The number of hydrogen-bond acceptors (Lipinski definition) is 3. The Morgan fingerprint density at radius 1 is 1.39 bits per heavy atom. The molecule has 0 spiro atoms. The summed E-state index contributed by atoms with van der Waals surface area (Å²) in [5, 5.41) is 3.23. The Kier molecular flexibility index (Phi) is 3.84. The van der Waals surface area contributed by atoms with E-state index in [1.54, 1.807) is 24.3 Å². The van der Waals surface area contributed by atoms with Gasteiger partial charge in [0.1, 0.15) is 5.69 Å². The molecule has 0 fully saturated rings. The van der Waals surface area contributed by atoms with Gasteiger partial charge in [0.2, 0.25) is 0 Å². The second kappa shape index (κ2) is 5.37. The van der Waals surface area contributed by atoms with E-state index >= 15 is 0 Å². The summed E-state index contributed by atoms with van der Waals surface area (Å²) in [6.45, 7) is 0. The Bertz CT molecular complexity index is 604. The van der Waals surface area contributed by atoms with Gasteiger partial charge in [-0.1, -0.05) is 17.7 Å². The van der Waals surface area contributed by atoms with Crippen molar-refractivity contribution in [3.05, 3.63) is 51.7 Å². The lowest BCUT2D eigenvalue weighted by Gasteiger charge is -2.08. The number of nitrogens with two attached hydrogens (primary N) is 1. The lowest BCUT2D eigenvalue weighted by Crippen LogP contribution is -2.14. The van der Waals surface area contributed by atoms with Crippen LogP contribution in [0.15, 0.2) is 41.0 Å². The molecule has 0 aliphatic heterocycles. The Hall–Kier alpha value is -1.59. The lowest BCUT2D eigenvalue weighted by atomic mass is 10.2. The van der Waals surface area contributed by atoms with Gasteiger partial charge in [-0.3, -0.25) is 9.78 Å². The average Bonchev–Trinajstić information content (AvgIpc) is 2.35. The van der Waals surface area contributed by atoms with E-state index in [4.69, 9.17) is 17.3 Å². The summed E-state index contributed by atoms with van der Waals surface area (Å²) in [5.74, 6) is -0.342. The Labute approximate surface area is 117 Å². The number of benzene rings is 1. The molecule has 0 saturated heterocycles. The van der Waals surface area contributed by atoms with Crippen molar-refractivity contribution in [1.82, 2.24) is 4.98 Å². The van der Waals surface area contributed by atoms with Crippen LogP contribution in [0.1, 0.15) is 10.5 Å². The molecular weight excluding hydrogens is 318 g/mol. The van der Waals surface area contributed by atoms with E-state index in [1.165, 1.54) is 12.3 Å². The van der Waals surface area contributed by atoms with Gasteiger partial charge in [0.25, 0.3) is 5.91 Å². The van der Waals surface area contributed by atoms with Crippen LogP contribution >= 0.6 is 27.5 Å². The third-order valence-corrected chi connectivity index (χ3v) is 3.61. The SMILES string of the molecule is Nc1ccnc(C(=O)Nc2cccc(Cl)c2Br)c1. The van der Waals surface area contributed by atoms with E-state index in [9.17, 15) is 4.79 Å². The predicted molar refractivity (Wildman–Crippen MR) is 75.8 cm³/mol. The number of anilines is 2. The van der Waals surface area contributed by atoms with Crippen molar-refractivity contribution in [2.75, 3.05) is 11.1 Å². The first kappa shape index (κ1) is 12.9. The maximum absolute atomic E-state index is 11.9. The van der Waals surface area contributed by atoms with Gasteiger partial charge in [0.05, 0.1) is 15.2 Å². The van der Waals surface area contributed by atoms with Crippen molar-refractivity contribution < 1.29 is 4.79 Å². The number of halogens is 2. The summed E-state index contributed by atoms with van der Waals surface area (Å²) in [6.07, 6.45) is 1.48. The van der Waals surface area contributed by atoms with Crippen LogP contribution in [0.5, 0.6) is 0 Å². The van der Waals surface area contributed by atoms with Crippen LogP contribution in [-0.2, 0) is 0 Å². The zero-order chi connectivity index (χ0) is 13.1. The summed E-state index contributed by atoms with van der Waals surface area (Å²) >= 11 is 9.24. The van der Waals surface area contributed by atoms with E-state index < -0.39 is 0 Å². The average molecular weight is 327 g/mol. The Morgan fingerprint density at radius 2 is 2.17 bits per heavy atom. The molecular formula is C12H9BrClN3O. The summed E-state index contributed by atoms with van der Waals surface area (Å²) in [7, 11) is 0. The highest BCUT2D eigenvalue weighted by molar-refractivity contribution is 9.10. The number of carbonyl (C=O) groups excluding carboxylic acids is 1. The highest BCUT2D eigenvalue weighted by Crippen LogP contribution is 2.30. The largest absolute Gasteiger partial charge is 0.399 e. The molecule has 0 aliphatic carbocycles. The molecule has 1 amide bonds. The number of carbonyl (C=O) groups is 1. The second-order valence-corrected chi connectivity index (χ2v) is 4.73. The number of nitrogens with zero attached hydrogens (tertiary/aromatic N) is 1. The molecule has 18 heavy (non-hydrogen) atoms. The molecule has 2 aromatic rings. The van der Waals surface area contributed by atoms with Crippen LogP contribution in [0.25, 0.3) is 0 Å². The van der Waals surface area contributed by atoms with Crippen LogP contribution in [-0.4, -0.2) is 10.9 Å². The molecule has 0 unspecified atom stereocenters. The molecule has 0 bridgehead atoms. The van der Waals surface area contributed by atoms with Crippen LogP contribution in [0.2, 0.25) is 5.02 Å². The number of hydrogen-bond donors (Lipinski definition) is 2. The topological polar surface area (TPSA) is 68.0 Å². The van der Waals surface area contributed by atoms with Crippen LogP contribution in [0.3, 0.4) is 0 Å². The van der Waals surface area contributed by atoms with E-state index in [0.29, 0.717) is 20.9 Å². The smallest absolute Gasteiger partial charge is 0.274 e. The van der Waals surface area contributed by atoms with Crippen molar-refractivity contribution in [2.24, 2.45) is 0 Å². The highest BCUT2D eigenvalue weighted by atomic mass is 79.9. The van der Waals surface area contributed by atoms with Gasteiger partial charge in [-0.15, -0.1) is 0 Å². The van der Waals surface area contributed by atoms with Gasteiger partial charge in [-0.2, -0.15) is 0 Å². The molecule has 0 aliphatic rings. The number of aromatic nitrogens is 1. The van der Waals surface area contributed by atoms with Gasteiger partial charge in [-0.05, 0) is 40.2 Å². The number of pyridine rings is 1. The first-order valence-electron chi connectivity index (χ1n) is 5.05. The monoisotopic (exact) mass is 325 g/mol. The lowest BCUT2D eigenvalue weighted by molar-refractivity contribution is 0.102. The van der Waals surface area contributed by atoms with E-state index in [2.05, 4.69) is 26.2 Å². The molecule has 6 heteroatoms. The maximum Gasteiger partial charge on any atom is 0.274 e. The van der Waals surface area contributed by atoms with Crippen molar-refractivity contribution in [3.63, 3.8) is 0 Å². The third-order valence-electron chi connectivity index (χ3n) is 2.22. The standard InChI is InChI=1S/C12H9BrClN3O/c13-11-8(14)2-1-3-9(11)17-12(18)10-6-7(15)4-5-16-10/h1-6H,(H2,15,16)(H,17,18). The fraction of sp³-hybridized carbons (Fsp3) is 0. The Morgan fingerprint density at radius 3 is 2.89 bits per heavy atom.